The summed E-state index contributed by atoms with van der Waals surface area (Å²) in [6, 6.07) is 8.05. The van der Waals surface area contributed by atoms with Crippen LogP contribution >= 0.6 is 10.2 Å². The summed E-state index contributed by atoms with van der Waals surface area (Å²) in [6.07, 6.45) is 11.8. The van der Waals surface area contributed by atoms with Gasteiger partial charge in [-0.15, -0.1) is 6.42 Å². The van der Waals surface area contributed by atoms with Gasteiger partial charge in [-0.05, 0) is 112 Å². The van der Waals surface area contributed by atoms with Gasteiger partial charge >= 0.3 is 16.2 Å². The van der Waals surface area contributed by atoms with Gasteiger partial charge in [0.2, 0.25) is 0 Å². The molecule has 4 fully saturated rings. The predicted molar refractivity (Wildman–Crippen MR) is 211 cm³/mol. The van der Waals surface area contributed by atoms with Crippen molar-refractivity contribution >= 4 is 37.7 Å². The molecule has 3 unspecified atom stereocenters. The van der Waals surface area contributed by atoms with Crippen LogP contribution in [-0.4, -0.2) is 68.9 Å². The van der Waals surface area contributed by atoms with E-state index in [1.807, 2.05) is 0 Å². The van der Waals surface area contributed by atoms with E-state index in [0.717, 1.165) is 38.3 Å². The van der Waals surface area contributed by atoms with Crippen LogP contribution in [0, 0.1) is 35.8 Å². The fourth-order valence-corrected chi connectivity index (χ4v) is 10.6. The number of nitrogens with zero attached hydrogens (tertiary/aromatic N) is 4. The van der Waals surface area contributed by atoms with Gasteiger partial charge in [0.25, 0.3) is 0 Å². The number of halogens is 7. The predicted octanol–water partition coefficient (Wildman–Crippen LogP) is 9.44. The molecule has 4 N–H and O–H groups in total. The quantitative estimate of drug-likeness (QED) is 0.0883. The highest BCUT2D eigenvalue weighted by Gasteiger charge is 2.65. The zero-order valence-corrected chi connectivity index (χ0v) is 32.5. The van der Waals surface area contributed by atoms with E-state index in [1.54, 1.807) is 0 Å². The van der Waals surface area contributed by atoms with Crippen molar-refractivity contribution in [3.63, 3.8) is 0 Å². The maximum atomic E-state index is 17.1. The second kappa shape index (κ2) is 13.5. The molecular weight excluding hydrogens is 802 g/mol. The van der Waals surface area contributed by atoms with Crippen molar-refractivity contribution in [1.82, 2.24) is 25.2 Å². The third kappa shape index (κ3) is 7.12. The summed E-state index contributed by atoms with van der Waals surface area (Å²) in [5.41, 5.74) is 6.08. The summed E-state index contributed by atoms with van der Waals surface area (Å²) in [5, 5.41) is 15.1. The molecule has 1 saturated carbocycles. The average Bonchev–Trinajstić information content (AvgIpc) is 3.86. The van der Waals surface area contributed by atoms with E-state index < -0.39 is 32.3 Å². The Morgan fingerprint density at radius 1 is 1.00 bits per heavy atom. The number of rotatable bonds is 11. The smallest absolute Gasteiger partial charge is 0.319 e. The average molecular weight is 843 g/mol. The molecule has 0 spiro atoms. The standard InChI is InChI=1S/C42H41F7N6O3S/c1-2-30-32(43)9-7-23-18-27(56)19-31(34(23)30)38-36(44)39-35(33(52-38)10-8-24-17-25-12-15-51-37(24)25)40(50)54-41(53-39)58-22-42-13-4-16-55(42)26(11-14-42)21-57-28-5-3-6-29(20-28)59(45,46,47,48)49/h1,3,5-7,9,18-20,24-26,37,51,56H,4,8,10-17,21-22H2,(H2,50,53,54)/t24?,25?,26-,37+,42?/m0/s1. The van der Waals surface area contributed by atoms with Crippen molar-refractivity contribution < 1.29 is 42.8 Å². The second-order valence-electron chi connectivity index (χ2n) is 16.3. The fourth-order valence-electron chi connectivity index (χ4n) is 9.97. The van der Waals surface area contributed by atoms with Gasteiger partial charge in [-0.1, -0.05) is 37.5 Å². The van der Waals surface area contributed by atoms with E-state index in [1.165, 1.54) is 30.3 Å². The Balaban J connectivity index is 1.02. The maximum absolute atomic E-state index is 17.1. The summed E-state index contributed by atoms with van der Waals surface area (Å²) in [6.45, 7) is 1.63. The number of terminal acetylenes is 1. The number of nitrogens with one attached hydrogen (secondary N) is 1. The monoisotopic (exact) mass is 842 g/mol. The molecule has 3 saturated heterocycles. The van der Waals surface area contributed by atoms with Crippen molar-refractivity contribution in [1.29, 1.82) is 0 Å². The largest absolute Gasteiger partial charge is 0.508 e. The molecule has 9 nitrogen and oxygen atoms in total. The number of phenolic OH excluding ortho intramolecular Hbond substituents is 1. The normalized spacial score (nSPS) is 25.3. The number of benzene rings is 3. The van der Waals surface area contributed by atoms with Crippen LogP contribution in [0.15, 0.2) is 53.4 Å². The molecule has 4 aliphatic rings. The van der Waals surface area contributed by atoms with E-state index in [4.69, 9.17) is 26.6 Å². The lowest BCUT2D eigenvalue weighted by molar-refractivity contribution is 0.0686. The van der Waals surface area contributed by atoms with E-state index in [9.17, 15) is 24.5 Å². The van der Waals surface area contributed by atoms with Gasteiger partial charge in [-0.25, -0.2) is 13.8 Å². The Morgan fingerprint density at radius 3 is 2.61 bits per heavy atom. The summed E-state index contributed by atoms with van der Waals surface area (Å²) >= 11 is 0. The topological polar surface area (TPSA) is 119 Å². The maximum Gasteiger partial charge on any atom is 0.319 e. The number of phenols is 1. The molecule has 0 amide bonds. The van der Waals surface area contributed by atoms with Crippen LogP contribution in [0.4, 0.5) is 34.0 Å². The molecule has 1 aliphatic carbocycles. The molecule has 0 bridgehead atoms. The number of hydrogen-bond acceptors (Lipinski definition) is 9. The Hall–Kier alpha value is -5.05. The molecule has 9 rings (SSSR count). The molecule has 5 aromatic rings. The summed E-state index contributed by atoms with van der Waals surface area (Å²) in [7, 11) is -9.89. The zero-order valence-electron chi connectivity index (χ0n) is 31.7. The van der Waals surface area contributed by atoms with Gasteiger partial charge in [-0.2, -0.15) is 9.97 Å². The van der Waals surface area contributed by atoms with Crippen LogP contribution in [0.25, 0.3) is 32.9 Å². The van der Waals surface area contributed by atoms with Crippen LogP contribution in [0.2, 0.25) is 0 Å². The minimum Gasteiger partial charge on any atom is -0.508 e. The van der Waals surface area contributed by atoms with Crippen LogP contribution in [0.1, 0.15) is 56.2 Å². The van der Waals surface area contributed by atoms with Crippen LogP contribution in [0.3, 0.4) is 0 Å². The number of aromatic hydroxyl groups is 1. The highest BCUT2D eigenvalue weighted by Crippen LogP contribution is 3.02. The highest BCUT2D eigenvalue weighted by molar-refractivity contribution is 8.45. The number of aromatic nitrogens is 3. The lowest BCUT2D eigenvalue weighted by Crippen LogP contribution is -2.48. The van der Waals surface area contributed by atoms with E-state index in [-0.39, 0.29) is 75.7 Å². The van der Waals surface area contributed by atoms with Gasteiger partial charge < -0.3 is 25.6 Å². The van der Waals surface area contributed by atoms with Crippen molar-refractivity contribution in [3.05, 3.63) is 71.4 Å². The van der Waals surface area contributed by atoms with Gasteiger partial charge in [0.15, 0.2) is 5.82 Å². The fraction of sp³-hybridized carbons (Fsp3) is 0.405. The molecule has 5 atom stereocenters. The second-order valence-corrected chi connectivity index (χ2v) is 18.7. The van der Waals surface area contributed by atoms with E-state index >= 15 is 8.78 Å². The summed E-state index contributed by atoms with van der Waals surface area (Å²) in [5.74, 6) is 1.22. The third-order valence-corrected chi connectivity index (χ3v) is 13.9. The van der Waals surface area contributed by atoms with Crippen molar-refractivity contribution in [2.24, 2.45) is 11.8 Å². The van der Waals surface area contributed by atoms with Gasteiger partial charge in [0.05, 0.1) is 22.2 Å². The molecule has 3 aromatic carbocycles. The lowest BCUT2D eigenvalue weighted by atomic mass is 9.68. The highest BCUT2D eigenvalue weighted by atomic mass is 32.5. The first-order valence-corrected chi connectivity index (χ1v) is 21.5. The summed E-state index contributed by atoms with van der Waals surface area (Å²) in [4.78, 5) is 13.9. The molecule has 3 aliphatic heterocycles. The number of pyridine rings is 1. The summed E-state index contributed by atoms with van der Waals surface area (Å²) < 4.78 is 111. The van der Waals surface area contributed by atoms with Crippen LogP contribution in [0.5, 0.6) is 17.5 Å². The van der Waals surface area contributed by atoms with Gasteiger partial charge in [0.1, 0.15) is 52.5 Å². The molecular formula is C42H41F7N6O3S. The number of hydrogen-bond donors (Lipinski definition) is 3. The van der Waals surface area contributed by atoms with Gasteiger partial charge in [0, 0.05) is 29.1 Å². The number of anilines is 1. The van der Waals surface area contributed by atoms with Gasteiger partial charge in [-0.3, -0.25) is 4.90 Å². The molecule has 59 heavy (non-hydrogen) atoms. The van der Waals surface area contributed by atoms with Crippen molar-refractivity contribution in [2.45, 2.75) is 73.9 Å². The molecule has 2 aromatic heterocycles. The Bertz CT molecular complexity index is 2580. The third-order valence-electron chi connectivity index (χ3n) is 12.8. The number of ether oxygens (including phenoxy) is 2. The van der Waals surface area contributed by atoms with Crippen LogP contribution < -0.4 is 20.5 Å². The minimum absolute atomic E-state index is 0.0396. The van der Waals surface area contributed by atoms with Crippen molar-refractivity contribution in [2.75, 3.05) is 32.0 Å². The molecule has 312 valence electrons. The number of nitrogens with two attached hydrogens (primary N) is 1. The molecule has 0 radical (unpaired) electrons. The van der Waals surface area contributed by atoms with Crippen molar-refractivity contribution in [3.8, 4) is 41.1 Å². The molecule has 17 heteroatoms. The Kier molecular flexibility index (Phi) is 9.01. The SMILES string of the molecule is C#Cc1c(F)ccc2cc(O)cc(-c3nc(CCC4CC5CCN[C@@H]54)c4c(N)nc(OCC56CCCN5[C@H](COc5cccc(S(F)(F)(F)(F)F)c5)CC6)nc4c3F)c12. The Morgan fingerprint density at radius 2 is 1.83 bits per heavy atom. The lowest BCUT2D eigenvalue weighted by Gasteiger charge is -2.40. The molecule has 5 heterocycles. The first kappa shape index (κ1) is 39.4. The number of fused-ring (bicyclic) bond motifs is 4. The number of nitrogen functional groups attached to an aromatic ring is 1. The first-order chi connectivity index (χ1) is 27.9. The Labute approximate surface area is 335 Å². The minimum atomic E-state index is -9.89. The van der Waals surface area contributed by atoms with E-state index in [0.29, 0.717) is 73.3 Å². The zero-order chi connectivity index (χ0) is 41.5. The first-order valence-electron chi connectivity index (χ1n) is 19.6. The van der Waals surface area contributed by atoms with Crippen LogP contribution in [-0.2, 0) is 6.42 Å². The van der Waals surface area contributed by atoms with E-state index in [2.05, 4.69) is 26.1 Å². The number of aryl methyl sites for hydroxylation is 1.